The second kappa shape index (κ2) is 5.64. The Morgan fingerprint density at radius 1 is 1.25 bits per heavy atom. The van der Waals surface area contributed by atoms with E-state index in [-0.39, 0.29) is 9.52 Å². The van der Waals surface area contributed by atoms with Gasteiger partial charge in [-0.25, -0.2) is 0 Å². The molecule has 2 rings (SSSR count). The molecule has 0 bridgehead atoms. The number of rotatable bonds is 4. The van der Waals surface area contributed by atoms with Gasteiger partial charge in [0.2, 0.25) is 0 Å². The molecule has 0 spiro atoms. The third kappa shape index (κ3) is 3.46. The van der Waals surface area contributed by atoms with Crippen LogP contribution >= 0.6 is 0 Å². The fourth-order valence-electron chi connectivity index (χ4n) is 2.50. The Bertz CT molecular complexity index is 304. The average Bonchev–Trinajstić information content (AvgIpc) is 2.31. The Hall–Kier alpha value is -0.603. The lowest BCUT2D eigenvalue weighted by atomic mass is 10.1. The molecular weight excluding hydrogens is 212 g/mol. The highest BCUT2D eigenvalue weighted by Crippen LogP contribution is 2.24. The topological polar surface area (TPSA) is 9.23 Å². The highest BCUT2D eigenvalue weighted by molar-refractivity contribution is 6.39. The van der Waals surface area contributed by atoms with Gasteiger partial charge in [0.25, 0.3) is 0 Å². The van der Waals surface area contributed by atoms with Crippen molar-refractivity contribution in [2.75, 3.05) is 6.61 Å². The number of aryl methyl sites for hydroxylation is 1. The van der Waals surface area contributed by atoms with Crippen LogP contribution in [0, 0.1) is 0 Å². The SMILES string of the molecule is CC1([SiH2]CCc2ccccc2)CCCCO1. The third-order valence-corrected chi connectivity index (χ3v) is 5.89. The Kier molecular flexibility index (Phi) is 4.19. The largest absolute Gasteiger partial charge is 0.379 e. The number of benzene rings is 1. The van der Waals surface area contributed by atoms with Gasteiger partial charge in [-0.2, -0.15) is 0 Å². The van der Waals surface area contributed by atoms with Gasteiger partial charge in [-0.1, -0.05) is 36.4 Å². The van der Waals surface area contributed by atoms with E-state index < -0.39 is 0 Å². The zero-order chi connectivity index (χ0) is 11.3. The standard InChI is InChI=1S/C14H22OSi/c1-14(10-5-6-11-15-14)16-12-9-13-7-3-2-4-8-13/h2-4,7-8H,5-6,9-12,16H2,1H3. The molecule has 0 aromatic heterocycles. The Balaban J connectivity index is 1.75. The fourth-order valence-corrected chi connectivity index (χ4v) is 4.62. The molecule has 1 unspecified atom stereocenters. The summed E-state index contributed by atoms with van der Waals surface area (Å²) in [5, 5.41) is 0.299. The van der Waals surface area contributed by atoms with Crippen LogP contribution in [0.2, 0.25) is 6.04 Å². The Morgan fingerprint density at radius 3 is 2.75 bits per heavy atom. The van der Waals surface area contributed by atoms with Crippen LogP contribution in [0.1, 0.15) is 31.7 Å². The highest BCUT2D eigenvalue weighted by atomic mass is 28.2. The lowest BCUT2D eigenvalue weighted by molar-refractivity contribution is -0.00729. The van der Waals surface area contributed by atoms with Gasteiger partial charge >= 0.3 is 0 Å². The van der Waals surface area contributed by atoms with E-state index in [1.54, 1.807) is 0 Å². The quantitative estimate of drug-likeness (QED) is 0.728. The lowest BCUT2D eigenvalue weighted by Gasteiger charge is -2.33. The molecule has 0 saturated carbocycles. The van der Waals surface area contributed by atoms with Gasteiger partial charge < -0.3 is 4.74 Å². The molecule has 88 valence electrons. The van der Waals surface area contributed by atoms with Gasteiger partial charge in [0.1, 0.15) is 0 Å². The van der Waals surface area contributed by atoms with Gasteiger partial charge in [0.05, 0.1) is 9.52 Å². The summed E-state index contributed by atoms with van der Waals surface area (Å²) < 4.78 is 5.97. The van der Waals surface area contributed by atoms with Crippen LogP contribution in [-0.4, -0.2) is 21.4 Å². The first kappa shape index (κ1) is 11.9. The van der Waals surface area contributed by atoms with Crippen molar-refractivity contribution in [3.05, 3.63) is 35.9 Å². The van der Waals surface area contributed by atoms with Gasteiger partial charge in [0.15, 0.2) is 0 Å². The molecule has 0 aliphatic carbocycles. The molecule has 1 heterocycles. The van der Waals surface area contributed by atoms with E-state index in [1.807, 2.05) is 0 Å². The van der Waals surface area contributed by atoms with Crippen molar-refractivity contribution < 1.29 is 4.74 Å². The molecule has 1 nitrogen and oxygen atoms in total. The third-order valence-electron chi connectivity index (χ3n) is 3.56. The van der Waals surface area contributed by atoms with Gasteiger partial charge in [-0.05, 0) is 38.2 Å². The minimum atomic E-state index is -0.0970. The molecule has 16 heavy (non-hydrogen) atoms. The van der Waals surface area contributed by atoms with Crippen LogP contribution < -0.4 is 0 Å². The van der Waals surface area contributed by atoms with Crippen molar-refractivity contribution in [1.29, 1.82) is 0 Å². The van der Waals surface area contributed by atoms with Crippen LogP contribution in [0.25, 0.3) is 0 Å². The molecule has 0 N–H and O–H groups in total. The molecule has 1 saturated heterocycles. The normalized spacial score (nSPS) is 26.3. The van der Waals surface area contributed by atoms with Crippen LogP contribution in [0.5, 0.6) is 0 Å². The van der Waals surface area contributed by atoms with Crippen molar-refractivity contribution in [2.24, 2.45) is 0 Å². The molecular formula is C14H22OSi. The first-order valence-corrected chi connectivity index (χ1v) is 8.17. The lowest BCUT2D eigenvalue weighted by Crippen LogP contribution is -2.39. The second-order valence-electron chi connectivity index (χ2n) is 5.09. The Labute approximate surface area is 101 Å². The van der Waals surface area contributed by atoms with Crippen molar-refractivity contribution in [1.82, 2.24) is 0 Å². The van der Waals surface area contributed by atoms with E-state index in [1.165, 1.54) is 37.3 Å². The summed E-state index contributed by atoms with van der Waals surface area (Å²) in [6.07, 6.45) is 5.18. The maximum Gasteiger partial charge on any atom is 0.0594 e. The summed E-state index contributed by atoms with van der Waals surface area (Å²) >= 11 is 0. The van der Waals surface area contributed by atoms with Crippen molar-refractivity contribution in [3.8, 4) is 0 Å². The van der Waals surface area contributed by atoms with Gasteiger partial charge in [-0.3, -0.25) is 0 Å². The zero-order valence-corrected chi connectivity index (χ0v) is 11.7. The summed E-state index contributed by atoms with van der Waals surface area (Å²) in [6.45, 7) is 3.33. The maximum absolute atomic E-state index is 5.97. The first-order chi connectivity index (χ1) is 7.79. The monoisotopic (exact) mass is 234 g/mol. The summed E-state index contributed by atoms with van der Waals surface area (Å²) in [5.74, 6) is 0. The van der Waals surface area contributed by atoms with Gasteiger partial charge in [0, 0.05) is 11.8 Å². The van der Waals surface area contributed by atoms with E-state index in [4.69, 9.17) is 4.74 Å². The van der Waals surface area contributed by atoms with Crippen LogP contribution in [0.15, 0.2) is 30.3 Å². The fraction of sp³-hybridized carbons (Fsp3) is 0.571. The summed E-state index contributed by atoms with van der Waals surface area (Å²) in [6, 6.07) is 12.2. The van der Waals surface area contributed by atoms with Crippen molar-refractivity contribution >= 4 is 9.52 Å². The Morgan fingerprint density at radius 2 is 2.06 bits per heavy atom. The molecule has 2 heteroatoms. The number of hydrogen-bond donors (Lipinski definition) is 0. The smallest absolute Gasteiger partial charge is 0.0594 e. The number of ether oxygens (including phenoxy) is 1. The molecule has 0 radical (unpaired) electrons. The average molecular weight is 234 g/mol. The first-order valence-electron chi connectivity index (χ1n) is 6.46. The van der Waals surface area contributed by atoms with Crippen LogP contribution in [-0.2, 0) is 11.2 Å². The molecule has 1 aromatic carbocycles. The minimum absolute atomic E-state index is 0.0970. The molecule has 1 fully saturated rings. The predicted octanol–water partition coefficient (Wildman–Crippen LogP) is 2.73. The van der Waals surface area contributed by atoms with Crippen LogP contribution in [0.4, 0.5) is 0 Å². The van der Waals surface area contributed by atoms with Crippen molar-refractivity contribution in [3.63, 3.8) is 0 Å². The predicted molar refractivity (Wildman–Crippen MR) is 71.7 cm³/mol. The van der Waals surface area contributed by atoms with E-state index >= 15 is 0 Å². The van der Waals surface area contributed by atoms with E-state index in [9.17, 15) is 0 Å². The zero-order valence-electron chi connectivity index (χ0n) is 10.2. The maximum atomic E-state index is 5.97. The summed E-state index contributed by atoms with van der Waals surface area (Å²) in [7, 11) is -0.0970. The number of hydrogen-bond acceptors (Lipinski definition) is 1. The molecule has 1 aliphatic heterocycles. The summed E-state index contributed by atoms with van der Waals surface area (Å²) in [4.78, 5) is 0. The van der Waals surface area contributed by atoms with Crippen molar-refractivity contribution in [2.45, 2.75) is 43.9 Å². The van der Waals surface area contributed by atoms with E-state index in [2.05, 4.69) is 37.3 Å². The molecule has 1 aliphatic rings. The molecule has 1 aromatic rings. The van der Waals surface area contributed by atoms with Crippen LogP contribution in [0.3, 0.4) is 0 Å². The minimum Gasteiger partial charge on any atom is -0.379 e. The van der Waals surface area contributed by atoms with Gasteiger partial charge in [-0.15, -0.1) is 0 Å². The second-order valence-corrected chi connectivity index (χ2v) is 7.80. The van der Waals surface area contributed by atoms with E-state index in [0.717, 1.165) is 6.61 Å². The molecule has 0 amide bonds. The summed E-state index contributed by atoms with van der Waals surface area (Å²) in [5.41, 5.74) is 1.48. The highest BCUT2D eigenvalue weighted by Gasteiger charge is 2.27. The molecule has 1 atom stereocenters. The van der Waals surface area contributed by atoms with E-state index in [0.29, 0.717) is 5.22 Å².